The molecular weight excluding hydrogens is 260 g/mol. The smallest absolute Gasteiger partial charge is 0.335 e. The van der Waals surface area contributed by atoms with Crippen LogP contribution in [0, 0.1) is 13.8 Å². The highest BCUT2D eigenvalue weighted by molar-refractivity contribution is 5.88. The minimum atomic E-state index is -1.04. The fraction of sp³-hybridized carbons (Fsp3) is 0.214. The van der Waals surface area contributed by atoms with Crippen LogP contribution >= 0.6 is 0 Å². The molecule has 0 bridgehead atoms. The summed E-state index contributed by atoms with van der Waals surface area (Å²) in [5.41, 5.74) is 1.43. The highest BCUT2D eigenvalue weighted by Crippen LogP contribution is 2.32. The van der Waals surface area contributed by atoms with Gasteiger partial charge in [0.25, 0.3) is 0 Å². The van der Waals surface area contributed by atoms with Gasteiger partial charge < -0.3 is 14.6 Å². The highest BCUT2D eigenvalue weighted by atomic mass is 16.5. The summed E-state index contributed by atoms with van der Waals surface area (Å²) in [6.45, 7) is 3.56. The van der Waals surface area contributed by atoms with Gasteiger partial charge in [-0.15, -0.1) is 0 Å². The lowest BCUT2D eigenvalue weighted by Gasteiger charge is -2.11. The van der Waals surface area contributed by atoms with Gasteiger partial charge in [-0.1, -0.05) is 0 Å². The van der Waals surface area contributed by atoms with E-state index in [-0.39, 0.29) is 11.3 Å². The van der Waals surface area contributed by atoms with Crippen molar-refractivity contribution in [3.8, 4) is 17.4 Å². The molecule has 20 heavy (non-hydrogen) atoms. The van der Waals surface area contributed by atoms with Gasteiger partial charge in [-0.25, -0.2) is 9.78 Å². The Balaban J connectivity index is 2.43. The topological polar surface area (TPSA) is 81.5 Å². The van der Waals surface area contributed by atoms with Crippen molar-refractivity contribution in [1.82, 2.24) is 9.97 Å². The first-order valence-corrected chi connectivity index (χ1v) is 5.90. The van der Waals surface area contributed by atoms with Gasteiger partial charge >= 0.3 is 5.97 Å². The number of hydrogen-bond acceptors (Lipinski definition) is 5. The molecule has 1 heterocycles. The van der Waals surface area contributed by atoms with Gasteiger partial charge in [-0.3, -0.25) is 4.98 Å². The monoisotopic (exact) mass is 274 g/mol. The first-order chi connectivity index (χ1) is 9.51. The van der Waals surface area contributed by atoms with Crippen molar-refractivity contribution in [2.24, 2.45) is 0 Å². The van der Waals surface area contributed by atoms with E-state index in [1.165, 1.54) is 25.3 Å². The number of aromatic nitrogens is 2. The standard InChI is InChI=1S/C14H14N2O4/c1-8-7-15-9(2)13(16-8)20-12-6-10(14(17)18)4-5-11(12)19-3/h4-7H,1-3H3,(H,17,18). The summed E-state index contributed by atoms with van der Waals surface area (Å²) in [5, 5.41) is 9.01. The molecule has 0 radical (unpaired) electrons. The van der Waals surface area contributed by atoms with Gasteiger partial charge in [0, 0.05) is 6.20 Å². The Morgan fingerprint density at radius 1 is 1.25 bits per heavy atom. The van der Waals surface area contributed by atoms with E-state index in [1.807, 2.05) is 0 Å². The van der Waals surface area contributed by atoms with E-state index < -0.39 is 5.97 Å². The van der Waals surface area contributed by atoms with Gasteiger partial charge in [-0.05, 0) is 32.0 Å². The third kappa shape index (κ3) is 2.85. The largest absolute Gasteiger partial charge is 0.493 e. The molecule has 104 valence electrons. The molecule has 0 fully saturated rings. The van der Waals surface area contributed by atoms with E-state index in [0.717, 1.165) is 0 Å². The fourth-order valence-electron chi connectivity index (χ4n) is 1.61. The molecule has 0 spiro atoms. The summed E-state index contributed by atoms with van der Waals surface area (Å²) < 4.78 is 10.8. The van der Waals surface area contributed by atoms with Crippen molar-refractivity contribution in [3.05, 3.63) is 41.3 Å². The van der Waals surface area contributed by atoms with Crippen molar-refractivity contribution < 1.29 is 19.4 Å². The summed E-state index contributed by atoms with van der Waals surface area (Å²) in [5.74, 6) is 0.00324. The van der Waals surface area contributed by atoms with Crippen molar-refractivity contribution in [2.75, 3.05) is 7.11 Å². The molecule has 0 unspecified atom stereocenters. The van der Waals surface area contributed by atoms with Gasteiger partial charge in [0.1, 0.15) is 0 Å². The number of rotatable bonds is 4. The number of carboxylic acids is 1. The normalized spacial score (nSPS) is 10.2. The average Bonchev–Trinajstić information content (AvgIpc) is 2.42. The predicted molar refractivity (Wildman–Crippen MR) is 71.5 cm³/mol. The van der Waals surface area contributed by atoms with Crippen molar-refractivity contribution in [1.29, 1.82) is 0 Å². The molecule has 0 atom stereocenters. The summed E-state index contributed by atoms with van der Waals surface area (Å²) in [7, 11) is 1.48. The second kappa shape index (κ2) is 5.56. The summed E-state index contributed by atoms with van der Waals surface area (Å²) in [6.07, 6.45) is 1.63. The molecular formula is C14H14N2O4. The van der Waals surface area contributed by atoms with E-state index in [0.29, 0.717) is 23.0 Å². The molecule has 0 aliphatic heterocycles. The van der Waals surface area contributed by atoms with E-state index in [2.05, 4.69) is 9.97 Å². The SMILES string of the molecule is COc1ccc(C(=O)O)cc1Oc1nc(C)cnc1C. The number of carboxylic acid groups (broad SMARTS) is 1. The lowest BCUT2D eigenvalue weighted by atomic mass is 10.2. The number of aryl methyl sites for hydroxylation is 2. The molecule has 0 aliphatic carbocycles. The summed E-state index contributed by atoms with van der Waals surface area (Å²) in [4.78, 5) is 19.4. The molecule has 2 rings (SSSR count). The van der Waals surface area contributed by atoms with Crippen LogP contribution in [0.3, 0.4) is 0 Å². The van der Waals surface area contributed by atoms with Crippen LogP contribution < -0.4 is 9.47 Å². The Morgan fingerprint density at radius 3 is 2.65 bits per heavy atom. The number of hydrogen-bond donors (Lipinski definition) is 1. The number of benzene rings is 1. The second-order valence-corrected chi connectivity index (χ2v) is 4.17. The Labute approximate surface area is 116 Å². The van der Waals surface area contributed by atoms with Crippen LogP contribution in [0.25, 0.3) is 0 Å². The third-order valence-corrected chi connectivity index (χ3v) is 2.65. The van der Waals surface area contributed by atoms with Crippen LogP contribution in [0.15, 0.2) is 24.4 Å². The zero-order valence-corrected chi connectivity index (χ0v) is 11.4. The molecule has 6 nitrogen and oxygen atoms in total. The highest BCUT2D eigenvalue weighted by Gasteiger charge is 2.13. The van der Waals surface area contributed by atoms with Crippen molar-refractivity contribution in [3.63, 3.8) is 0 Å². The van der Waals surface area contributed by atoms with Gasteiger partial charge in [0.05, 0.1) is 24.1 Å². The minimum absolute atomic E-state index is 0.110. The van der Waals surface area contributed by atoms with E-state index >= 15 is 0 Å². The van der Waals surface area contributed by atoms with Crippen LogP contribution in [0.1, 0.15) is 21.7 Å². The van der Waals surface area contributed by atoms with E-state index in [1.54, 1.807) is 20.0 Å². The zero-order valence-electron chi connectivity index (χ0n) is 11.4. The average molecular weight is 274 g/mol. The Kier molecular flexibility index (Phi) is 3.84. The molecule has 6 heteroatoms. The third-order valence-electron chi connectivity index (χ3n) is 2.65. The minimum Gasteiger partial charge on any atom is -0.493 e. The molecule has 0 saturated heterocycles. The Morgan fingerprint density at radius 2 is 2.00 bits per heavy atom. The summed E-state index contributed by atoms with van der Waals surface area (Å²) >= 11 is 0. The molecule has 0 aliphatic rings. The maximum atomic E-state index is 11.0. The molecule has 2 aromatic rings. The van der Waals surface area contributed by atoms with Gasteiger partial charge in [-0.2, -0.15) is 0 Å². The lowest BCUT2D eigenvalue weighted by molar-refractivity contribution is 0.0696. The van der Waals surface area contributed by atoms with Crippen LogP contribution in [0.2, 0.25) is 0 Å². The molecule has 0 amide bonds. The number of aromatic carboxylic acids is 1. The second-order valence-electron chi connectivity index (χ2n) is 4.17. The van der Waals surface area contributed by atoms with Gasteiger partial charge in [0.15, 0.2) is 11.5 Å². The van der Waals surface area contributed by atoms with Crippen LogP contribution in [0.5, 0.6) is 17.4 Å². The first-order valence-electron chi connectivity index (χ1n) is 5.90. The quantitative estimate of drug-likeness (QED) is 0.922. The molecule has 1 aromatic carbocycles. The first kappa shape index (κ1) is 13.8. The fourth-order valence-corrected chi connectivity index (χ4v) is 1.61. The zero-order chi connectivity index (χ0) is 14.7. The van der Waals surface area contributed by atoms with Crippen LogP contribution in [-0.2, 0) is 0 Å². The number of ether oxygens (including phenoxy) is 2. The molecule has 0 saturated carbocycles. The van der Waals surface area contributed by atoms with Crippen molar-refractivity contribution >= 4 is 5.97 Å². The van der Waals surface area contributed by atoms with Crippen LogP contribution in [-0.4, -0.2) is 28.2 Å². The Bertz CT molecular complexity index is 656. The molecule has 1 aromatic heterocycles. The maximum absolute atomic E-state index is 11.0. The van der Waals surface area contributed by atoms with E-state index in [4.69, 9.17) is 14.6 Å². The molecule has 1 N–H and O–H groups in total. The van der Waals surface area contributed by atoms with Crippen LogP contribution in [0.4, 0.5) is 0 Å². The van der Waals surface area contributed by atoms with E-state index in [9.17, 15) is 4.79 Å². The number of methoxy groups -OCH3 is 1. The van der Waals surface area contributed by atoms with Crippen molar-refractivity contribution in [2.45, 2.75) is 13.8 Å². The number of carbonyl (C=O) groups is 1. The Hall–Kier alpha value is -2.63. The van der Waals surface area contributed by atoms with Gasteiger partial charge in [0.2, 0.25) is 5.88 Å². The number of nitrogens with zero attached hydrogens (tertiary/aromatic N) is 2. The maximum Gasteiger partial charge on any atom is 0.335 e. The lowest BCUT2D eigenvalue weighted by Crippen LogP contribution is -2.00. The predicted octanol–water partition coefficient (Wildman–Crippen LogP) is 2.59. The summed E-state index contributed by atoms with van der Waals surface area (Å²) in [6, 6.07) is 4.38.